The first-order chi connectivity index (χ1) is 9.65. The topological polar surface area (TPSA) is 71.2 Å². The van der Waals surface area contributed by atoms with Crippen LogP contribution in [0.15, 0.2) is 0 Å². The number of anilines is 2. The van der Waals surface area contributed by atoms with E-state index in [1.165, 1.54) is 23.5 Å². The molecule has 2 rings (SSSR count). The Bertz CT molecular complexity index is 453. The highest BCUT2D eigenvalue weighted by Crippen LogP contribution is 2.28. The highest BCUT2D eigenvalue weighted by atomic mass is 32.2. The van der Waals surface area contributed by atoms with Gasteiger partial charge in [0, 0.05) is 19.6 Å². The van der Waals surface area contributed by atoms with Crippen molar-refractivity contribution >= 4 is 40.0 Å². The predicted octanol–water partition coefficient (Wildman–Crippen LogP) is 2.05. The van der Waals surface area contributed by atoms with E-state index in [1.807, 2.05) is 11.8 Å². The van der Waals surface area contributed by atoms with Crippen LogP contribution in [0.3, 0.4) is 0 Å². The van der Waals surface area contributed by atoms with Gasteiger partial charge in [-0.3, -0.25) is 4.79 Å². The highest BCUT2D eigenvalue weighted by molar-refractivity contribution is 7.99. The molecule has 1 saturated heterocycles. The molecule has 112 valence electrons. The van der Waals surface area contributed by atoms with Crippen LogP contribution in [0.2, 0.25) is 0 Å². The van der Waals surface area contributed by atoms with E-state index >= 15 is 0 Å². The number of nitrogens with one attached hydrogen (secondary N) is 1. The Hall–Kier alpha value is -0.950. The van der Waals surface area contributed by atoms with E-state index < -0.39 is 0 Å². The number of aromatic nitrogens is 1. The molecule has 1 aromatic rings. The first-order valence-electron chi connectivity index (χ1n) is 7.02. The smallest absolute Gasteiger partial charge is 0.265 e. The number of hydrogen-bond donors (Lipinski definition) is 2. The number of thiazole rings is 1. The van der Waals surface area contributed by atoms with Gasteiger partial charge in [-0.15, -0.1) is 0 Å². The van der Waals surface area contributed by atoms with E-state index in [0.29, 0.717) is 16.6 Å². The van der Waals surface area contributed by atoms with Gasteiger partial charge in [0.25, 0.3) is 5.91 Å². The Labute approximate surface area is 128 Å². The molecule has 1 aliphatic heterocycles. The molecule has 1 unspecified atom stereocenters. The number of nitrogens with two attached hydrogens (primary N) is 1. The third kappa shape index (κ3) is 3.58. The highest BCUT2D eigenvalue weighted by Gasteiger charge is 2.21. The van der Waals surface area contributed by atoms with Crippen LogP contribution in [0, 0.1) is 5.92 Å². The molecule has 1 atom stereocenters. The van der Waals surface area contributed by atoms with Gasteiger partial charge in [0.2, 0.25) is 0 Å². The van der Waals surface area contributed by atoms with Crippen molar-refractivity contribution < 1.29 is 4.79 Å². The minimum absolute atomic E-state index is 0.0877. The Morgan fingerprint density at radius 2 is 2.25 bits per heavy atom. The molecular weight excluding hydrogens is 292 g/mol. The molecule has 3 N–H and O–H groups in total. The van der Waals surface area contributed by atoms with Gasteiger partial charge >= 0.3 is 0 Å². The van der Waals surface area contributed by atoms with Crippen molar-refractivity contribution in [3.8, 4) is 0 Å². The summed E-state index contributed by atoms with van der Waals surface area (Å²) in [5.41, 5.74) is 5.88. The van der Waals surface area contributed by atoms with E-state index in [0.717, 1.165) is 30.5 Å². The fraction of sp³-hybridized carbons (Fsp3) is 0.692. The lowest BCUT2D eigenvalue weighted by molar-refractivity contribution is 0.0953. The molecular formula is C13H22N4OS2. The monoisotopic (exact) mass is 314 g/mol. The maximum absolute atomic E-state index is 12.2. The second kappa shape index (κ2) is 7.17. The van der Waals surface area contributed by atoms with Crippen LogP contribution in [0.4, 0.5) is 10.9 Å². The number of thioether (sulfide) groups is 1. The quantitative estimate of drug-likeness (QED) is 0.841. The average molecular weight is 314 g/mol. The third-order valence-electron chi connectivity index (χ3n) is 3.46. The molecule has 20 heavy (non-hydrogen) atoms. The molecule has 2 heterocycles. The fourth-order valence-electron chi connectivity index (χ4n) is 2.17. The van der Waals surface area contributed by atoms with Gasteiger partial charge in [0.05, 0.1) is 0 Å². The first-order valence-corrected chi connectivity index (χ1v) is 9.00. The van der Waals surface area contributed by atoms with Crippen LogP contribution in [-0.2, 0) is 0 Å². The van der Waals surface area contributed by atoms with E-state index in [-0.39, 0.29) is 5.91 Å². The zero-order valence-corrected chi connectivity index (χ0v) is 13.6. The van der Waals surface area contributed by atoms with Gasteiger partial charge in [0.1, 0.15) is 10.7 Å². The first kappa shape index (κ1) is 15.4. The number of rotatable bonds is 6. The van der Waals surface area contributed by atoms with Crippen LogP contribution < -0.4 is 16.0 Å². The Kier molecular flexibility index (Phi) is 5.54. The molecule has 1 aliphatic rings. The lowest BCUT2D eigenvalue weighted by atomic mass is 10.1. The summed E-state index contributed by atoms with van der Waals surface area (Å²) in [6.45, 7) is 6.61. The summed E-state index contributed by atoms with van der Waals surface area (Å²) in [4.78, 5) is 19.1. The second-order valence-electron chi connectivity index (χ2n) is 4.82. The molecule has 5 nitrogen and oxygen atoms in total. The number of nitrogen functional groups attached to an aromatic ring is 1. The molecule has 0 radical (unpaired) electrons. The van der Waals surface area contributed by atoms with Gasteiger partial charge in [-0.2, -0.15) is 11.8 Å². The van der Waals surface area contributed by atoms with Crippen LogP contribution in [0.5, 0.6) is 0 Å². The summed E-state index contributed by atoms with van der Waals surface area (Å²) in [7, 11) is 0. The number of carbonyl (C=O) groups excluding carboxylic acids is 1. The number of amides is 1. The van der Waals surface area contributed by atoms with Gasteiger partial charge < -0.3 is 16.0 Å². The van der Waals surface area contributed by atoms with E-state index in [1.54, 1.807) is 0 Å². The summed E-state index contributed by atoms with van der Waals surface area (Å²) in [6.07, 6.45) is 1.19. The number of carbonyl (C=O) groups is 1. The van der Waals surface area contributed by atoms with Crippen molar-refractivity contribution in [1.29, 1.82) is 0 Å². The third-order valence-corrected chi connectivity index (χ3v) is 5.82. The molecule has 0 aliphatic carbocycles. The van der Waals surface area contributed by atoms with Crippen LogP contribution >= 0.6 is 23.1 Å². The normalized spacial score (nSPS) is 18.2. The summed E-state index contributed by atoms with van der Waals surface area (Å²) in [5, 5.41) is 3.82. The largest absolute Gasteiger partial charge is 0.382 e. The minimum Gasteiger partial charge on any atom is -0.382 e. The predicted molar refractivity (Wildman–Crippen MR) is 87.9 cm³/mol. The van der Waals surface area contributed by atoms with Gasteiger partial charge in [-0.05, 0) is 37.7 Å². The van der Waals surface area contributed by atoms with Crippen molar-refractivity contribution in [2.24, 2.45) is 5.92 Å². The van der Waals surface area contributed by atoms with Crippen molar-refractivity contribution in [3.05, 3.63) is 4.88 Å². The van der Waals surface area contributed by atoms with Gasteiger partial charge in [0.15, 0.2) is 5.13 Å². The Balaban J connectivity index is 1.98. The maximum Gasteiger partial charge on any atom is 0.265 e. The summed E-state index contributed by atoms with van der Waals surface area (Å²) in [6, 6.07) is 0. The molecule has 1 fully saturated rings. The van der Waals surface area contributed by atoms with Crippen LogP contribution in [-0.4, -0.2) is 42.0 Å². The molecule has 0 spiro atoms. The standard InChI is InChI=1S/C13H22N4OS2/c1-3-17(4-2)13-16-11(14)10(20-13)12(18)15-7-9-5-6-19-8-9/h9H,3-8,14H2,1-2H3,(H,15,18). The summed E-state index contributed by atoms with van der Waals surface area (Å²) < 4.78 is 0. The second-order valence-corrected chi connectivity index (χ2v) is 6.95. The van der Waals surface area contributed by atoms with Crippen molar-refractivity contribution in [2.45, 2.75) is 20.3 Å². The van der Waals surface area contributed by atoms with E-state index in [4.69, 9.17) is 5.73 Å². The Morgan fingerprint density at radius 1 is 1.50 bits per heavy atom. The summed E-state index contributed by atoms with van der Waals surface area (Å²) in [5.74, 6) is 3.20. The molecule has 1 aromatic heterocycles. The van der Waals surface area contributed by atoms with Crippen molar-refractivity contribution in [1.82, 2.24) is 10.3 Å². The van der Waals surface area contributed by atoms with Gasteiger partial charge in [-0.1, -0.05) is 11.3 Å². The van der Waals surface area contributed by atoms with Crippen molar-refractivity contribution in [3.63, 3.8) is 0 Å². The van der Waals surface area contributed by atoms with Crippen LogP contribution in [0.1, 0.15) is 29.9 Å². The SMILES string of the molecule is CCN(CC)c1nc(N)c(C(=O)NCC2CCSC2)s1. The number of hydrogen-bond acceptors (Lipinski definition) is 6. The lowest BCUT2D eigenvalue weighted by Gasteiger charge is -2.16. The Morgan fingerprint density at radius 3 is 2.85 bits per heavy atom. The fourth-order valence-corrected chi connectivity index (χ4v) is 4.49. The maximum atomic E-state index is 12.2. The lowest BCUT2D eigenvalue weighted by Crippen LogP contribution is -2.29. The van der Waals surface area contributed by atoms with Gasteiger partial charge in [-0.25, -0.2) is 4.98 Å². The molecule has 7 heteroatoms. The number of nitrogens with zero attached hydrogens (tertiary/aromatic N) is 2. The molecule has 1 amide bonds. The average Bonchev–Trinajstić information content (AvgIpc) is 3.07. The zero-order valence-electron chi connectivity index (χ0n) is 12.0. The zero-order chi connectivity index (χ0) is 14.5. The molecule has 0 bridgehead atoms. The van der Waals surface area contributed by atoms with Crippen LogP contribution in [0.25, 0.3) is 0 Å². The van der Waals surface area contributed by atoms with E-state index in [9.17, 15) is 4.79 Å². The molecule has 0 saturated carbocycles. The minimum atomic E-state index is -0.0877. The van der Waals surface area contributed by atoms with E-state index in [2.05, 4.69) is 29.0 Å². The molecule has 0 aromatic carbocycles. The van der Waals surface area contributed by atoms with Crippen molar-refractivity contribution in [2.75, 3.05) is 41.8 Å². The summed E-state index contributed by atoms with van der Waals surface area (Å²) >= 11 is 3.33.